The Hall–Kier alpha value is -0.880. The average Bonchev–Trinajstić information content (AvgIpc) is 2.20. The third-order valence-electron chi connectivity index (χ3n) is 1.44. The first-order chi connectivity index (χ1) is 6.65. The maximum absolute atomic E-state index is 10.9. The highest BCUT2D eigenvalue weighted by Gasteiger charge is 2.06. The minimum atomic E-state index is -0.133. The first-order valence-corrected chi connectivity index (χ1v) is 4.92. The number of hydrogen-bond acceptors (Lipinski definition) is 4. The Bertz CT molecular complexity index is 346. The van der Waals surface area contributed by atoms with Crippen molar-refractivity contribution in [2.75, 3.05) is 18.9 Å². The van der Waals surface area contributed by atoms with E-state index in [1.807, 2.05) is 0 Å². The minimum absolute atomic E-state index is 0.133. The lowest BCUT2D eigenvalue weighted by Gasteiger charge is -2.06. The molecule has 1 rings (SSSR count). The van der Waals surface area contributed by atoms with E-state index < -0.39 is 0 Å². The molecule has 0 spiro atoms. The molecule has 0 fully saturated rings. The molecule has 0 aliphatic carbocycles. The molecule has 0 saturated heterocycles. The van der Waals surface area contributed by atoms with E-state index in [9.17, 15) is 4.79 Å². The van der Waals surface area contributed by atoms with Crippen LogP contribution in [0.4, 0.5) is 5.82 Å². The zero-order valence-electron chi connectivity index (χ0n) is 7.34. The largest absolute Gasteiger partial charge is 0.360 e. The molecule has 2 N–H and O–H groups in total. The fourth-order valence-corrected chi connectivity index (χ4v) is 1.20. The quantitative estimate of drug-likeness (QED) is 0.812. The van der Waals surface area contributed by atoms with E-state index in [4.69, 9.17) is 11.6 Å². The Balaban J connectivity index is 2.68. The van der Waals surface area contributed by atoms with Crippen molar-refractivity contribution in [3.63, 3.8) is 0 Å². The fraction of sp³-hybridized carbons (Fsp3) is 0.286. The number of rotatable bonds is 3. The second-order valence-electron chi connectivity index (χ2n) is 2.35. The number of nitrogens with zero attached hydrogens (tertiary/aromatic N) is 2. The highest BCUT2D eigenvalue weighted by atomic mass is 79.9. The van der Waals surface area contributed by atoms with Crippen molar-refractivity contribution < 1.29 is 4.79 Å². The zero-order valence-corrected chi connectivity index (χ0v) is 9.68. The normalized spacial score (nSPS) is 9.64. The van der Waals surface area contributed by atoms with Gasteiger partial charge >= 0.3 is 0 Å². The van der Waals surface area contributed by atoms with E-state index in [2.05, 4.69) is 36.5 Å². The van der Waals surface area contributed by atoms with Crippen LogP contribution in [0.25, 0.3) is 0 Å². The highest BCUT2D eigenvalue weighted by Crippen LogP contribution is 2.25. The molecule has 5 nitrogen and oxygen atoms in total. The van der Waals surface area contributed by atoms with Crippen molar-refractivity contribution in [2.45, 2.75) is 0 Å². The van der Waals surface area contributed by atoms with Crippen LogP contribution in [0.3, 0.4) is 0 Å². The van der Waals surface area contributed by atoms with Gasteiger partial charge in [0.15, 0.2) is 0 Å². The molecular weight excluding hydrogens is 271 g/mol. The van der Waals surface area contributed by atoms with Crippen molar-refractivity contribution >= 4 is 39.3 Å². The third-order valence-corrected chi connectivity index (χ3v) is 2.71. The standard InChI is InChI=1S/C7H8BrClN4O/c1-10-4(14)2-11-7-5(8)6(9)12-3-13-7/h3H,2H2,1H3,(H,10,14)(H,11,12,13). The molecule has 0 saturated carbocycles. The van der Waals surface area contributed by atoms with Gasteiger partial charge in [0.2, 0.25) is 5.91 Å². The van der Waals surface area contributed by atoms with Crippen LogP contribution in [0.15, 0.2) is 10.8 Å². The topological polar surface area (TPSA) is 66.9 Å². The zero-order chi connectivity index (χ0) is 10.6. The fourth-order valence-electron chi connectivity index (χ4n) is 0.724. The number of aromatic nitrogens is 2. The molecule has 7 heteroatoms. The molecule has 1 aromatic rings. The monoisotopic (exact) mass is 278 g/mol. The lowest BCUT2D eigenvalue weighted by Crippen LogP contribution is -2.26. The first kappa shape index (κ1) is 11.2. The molecule has 0 radical (unpaired) electrons. The number of anilines is 1. The summed E-state index contributed by atoms with van der Waals surface area (Å²) in [6.07, 6.45) is 1.32. The van der Waals surface area contributed by atoms with Crippen LogP contribution in [-0.2, 0) is 4.79 Å². The Morgan fingerprint density at radius 1 is 1.64 bits per heavy atom. The molecule has 1 amide bonds. The van der Waals surface area contributed by atoms with Crippen LogP contribution < -0.4 is 10.6 Å². The second kappa shape index (κ2) is 5.11. The summed E-state index contributed by atoms with van der Waals surface area (Å²) in [6.45, 7) is 0.141. The van der Waals surface area contributed by atoms with Crippen molar-refractivity contribution in [3.8, 4) is 0 Å². The van der Waals surface area contributed by atoms with Crippen LogP contribution in [0.1, 0.15) is 0 Å². The lowest BCUT2D eigenvalue weighted by atomic mass is 10.5. The Kier molecular flexibility index (Phi) is 4.09. The predicted octanol–water partition coefficient (Wildman–Crippen LogP) is 1.05. The number of likely N-dealkylation sites (N-methyl/N-ethyl adjacent to an activating group) is 1. The number of halogens is 2. The van der Waals surface area contributed by atoms with Gasteiger partial charge in [-0.2, -0.15) is 0 Å². The summed E-state index contributed by atoms with van der Waals surface area (Å²) in [5.41, 5.74) is 0. The number of carbonyl (C=O) groups is 1. The van der Waals surface area contributed by atoms with Crippen LogP contribution >= 0.6 is 27.5 Å². The highest BCUT2D eigenvalue weighted by molar-refractivity contribution is 9.10. The Morgan fingerprint density at radius 3 is 3.00 bits per heavy atom. The Labute approximate surface area is 94.4 Å². The summed E-state index contributed by atoms with van der Waals surface area (Å²) in [5, 5.41) is 5.59. The maximum Gasteiger partial charge on any atom is 0.239 e. The number of amides is 1. The van der Waals surface area contributed by atoms with Crippen LogP contribution in [-0.4, -0.2) is 29.5 Å². The van der Waals surface area contributed by atoms with Gasteiger partial charge in [-0.05, 0) is 15.9 Å². The number of nitrogens with one attached hydrogen (secondary N) is 2. The van der Waals surface area contributed by atoms with Gasteiger partial charge in [0.25, 0.3) is 0 Å². The smallest absolute Gasteiger partial charge is 0.239 e. The summed E-state index contributed by atoms with van der Waals surface area (Å²) in [6, 6.07) is 0. The molecule has 0 atom stereocenters. The van der Waals surface area contributed by atoms with Gasteiger partial charge in [0.05, 0.1) is 11.0 Å². The number of carbonyl (C=O) groups excluding carboxylic acids is 1. The molecule has 0 aliphatic heterocycles. The summed E-state index contributed by atoms with van der Waals surface area (Å²) in [7, 11) is 1.56. The van der Waals surface area contributed by atoms with Crippen LogP contribution in [0.2, 0.25) is 5.15 Å². The maximum atomic E-state index is 10.9. The van der Waals surface area contributed by atoms with E-state index >= 15 is 0 Å². The Morgan fingerprint density at radius 2 is 2.36 bits per heavy atom. The van der Waals surface area contributed by atoms with Crippen molar-refractivity contribution in [1.82, 2.24) is 15.3 Å². The molecule has 0 bridgehead atoms. The SMILES string of the molecule is CNC(=O)CNc1ncnc(Cl)c1Br. The summed E-state index contributed by atoms with van der Waals surface area (Å²) in [5.74, 6) is 0.361. The average molecular weight is 280 g/mol. The van der Waals surface area contributed by atoms with Gasteiger partial charge in [-0.25, -0.2) is 9.97 Å². The molecule has 0 unspecified atom stereocenters. The molecule has 14 heavy (non-hydrogen) atoms. The van der Waals surface area contributed by atoms with Gasteiger partial charge < -0.3 is 10.6 Å². The van der Waals surface area contributed by atoms with E-state index in [-0.39, 0.29) is 12.5 Å². The van der Waals surface area contributed by atoms with E-state index in [0.717, 1.165) is 0 Å². The molecule has 0 aliphatic rings. The summed E-state index contributed by atoms with van der Waals surface area (Å²) >= 11 is 8.93. The summed E-state index contributed by atoms with van der Waals surface area (Å²) in [4.78, 5) is 18.6. The van der Waals surface area contributed by atoms with Crippen molar-refractivity contribution in [3.05, 3.63) is 16.0 Å². The van der Waals surface area contributed by atoms with Crippen molar-refractivity contribution in [2.24, 2.45) is 0 Å². The lowest BCUT2D eigenvalue weighted by molar-refractivity contribution is -0.118. The van der Waals surface area contributed by atoms with Crippen LogP contribution in [0.5, 0.6) is 0 Å². The number of hydrogen-bond donors (Lipinski definition) is 2. The van der Waals surface area contributed by atoms with Gasteiger partial charge in [-0.15, -0.1) is 0 Å². The van der Waals surface area contributed by atoms with E-state index in [1.165, 1.54) is 6.33 Å². The van der Waals surface area contributed by atoms with Crippen LogP contribution in [0, 0.1) is 0 Å². The first-order valence-electron chi connectivity index (χ1n) is 3.75. The minimum Gasteiger partial charge on any atom is -0.360 e. The van der Waals surface area contributed by atoms with E-state index in [1.54, 1.807) is 7.05 Å². The van der Waals surface area contributed by atoms with Gasteiger partial charge in [-0.1, -0.05) is 11.6 Å². The molecule has 0 aromatic carbocycles. The van der Waals surface area contributed by atoms with Gasteiger partial charge in [-0.3, -0.25) is 4.79 Å². The summed E-state index contributed by atoms with van der Waals surface area (Å²) < 4.78 is 0.547. The van der Waals surface area contributed by atoms with E-state index in [0.29, 0.717) is 15.4 Å². The molecule has 76 valence electrons. The third kappa shape index (κ3) is 2.81. The van der Waals surface area contributed by atoms with Gasteiger partial charge in [0.1, 0.15) is 17.3 Å². The second-order valence-corrected chi connectivity index (χ2v) is 3.50. The predicted molar refractivity (Wildman–Crippen MR) is 57.3 cm³/mol. The molecule has 1 heterocycles. The van der Waals surface area contributed by atoms with Gasteiger partial charge in [0, 0.05) is 7.05 Å². The molecule has 1 aromatic heterocycles. The van der Waals surface area contributed by atoms with Crippen molar-refractivity contribution in [1.29, 1.82) is 0 Å². The molecular formula is C7H8BrClN4O.